The highest BCUT2D eigenvalue weighted by atomic mass is 127. The molecule has 1 atom stereocenters. The van der Waals surface area contributed by atoms with Gasteiger partial charge in [-0.3, -0.25) is 0 Å². The summed E-state index contributed by atoms with van der Waals surface area (Å²) in [5, 5.41) is 8.77. The van der Waals surface area contributed by atoms with Gasteiger partial charge in [-0.05, 0) is 40.6 Å². The molecule has 0 saturated heterocycles. The molecule has 0 radical (unpaired) electrons. The maximum atomic E-state index is 8.77. The number of nitrogen functional groups attached to an aromatic ring is 1. The van der Waals surface area contributed by atoms with Gasteiger partial charge in [0.1, 0.15) is 5.82 Å². The van der Waals surface area contributed by atoms with Crippen molar-refractivity contribution in [3.05, 3.63) is 21.4 Å². The van der Waals surface area contributed by atoms with E-state index in [1.54, 1.807) is 6.20 Å². The van der Waals surface area contributed by atoms with Crippen molar-refractivity contribution < 1.29 is 5.11 Å². The molecule has 1 aromatic heterocycles. The van der Waals surface area contributed by atoms with Gasteiger partial charge in [-0.2, -0.15) is 0 Å². The van der Waals surface area contributed by atoms with Crippen molar-refractivity contribution in [3.8, 4) is 0 Å². The van der Waals surface area contributed by atoms with E-state index in [1.165, 1.54) is 0 Å². The second-order valence-electron chi connectivity index (χ2n) is 2.84. The Kier molecular flexibility index (Phi) is 6.34. The van der Waals surface area contributed by atoms with E-state index in [1.807, 2.05) is 6.07 Å². The molecular formula is C8H13ClIN3O. The molecule has 0 bridgehead atoms. The van der Waals surface area contributed by atoms with Crippen LogP contribution in [0.2, 0.25) is 0 Å². The molecule has 0 aliphatic rings. The standard InChI is InChI=1S/C8H12IN3O.ClH/c9-6-1-5(2-7(10)4-13)8(11)12-3-6;/h1,3,7,13H,2,4,10H2,(H2,11,12);1H. The predicted molar refractivity (Wildman–Crippen MR) is 67.4 cm³/mol. The molecule has 14 heavy (non-hydrogen) atoms. The van der Waals surface area contributed by atoms with Crippen molar-refractivity contribution >= 4 is 40.8 Å². The first kappa shape index (κ1) is 13.9. The zero-order chi connectivity index (χ0) is 9.84. The van der Waals surface area contributed by atoms with Gasteiger partial charge in [0.15, 0.2) is 0 Å². The number of anilines is 1. The normalized spacial score (nSPS) is 11.9. The Morgan fingerprint density at radius 2 is 2.21 bits per heavy atom. The molecule has 5 N–H and O–H groups in total. The number of rotatable bonds is 3. The van der Waals surface area contributed by atoms with Gasteiger partial charge in [-0.15, -0.1) is 12.4 Å². The van der Waals surface area contributed by atoms with Crippen LogP contribution in [0.3, 0.4) is 0 Å². The SMILES string of the molecule is Cl.Nc1ncc(I)cc1CC(N)CO. The summed E-state index contributed by atoms with van der Waals surface area (Å²) in [4.78, 5) is 4.00. The minimum absolute atomic E-state index is 0. The van der Waals surface area contributed by atoms with Crippen LogP contribution in [-0.2, 0) is 6.42 Å². The number of aliphatic hydroxyl groups is 1. The predicted octanol–water partition coefficient (Wildman–Crippen LogP) is 0.552. The molecule has 0 aliphatic carbocycles. The van der Waals surface area contributed by atoms with E-state index in [9.17, 15) is 0 Å². The van der Waals surface area contributed by atoms with Crippen LogP contribution in [0.5, 0.6) is 0 Å². The molecule has 0 amide bonds. The summed E-state index contributed by atoms with van der Waals surface area (Å²) in [5.74, 6) is 0.490. The number of nitrogens with two attached hydrogens (primary N) is 2. The molecular weight excluding hydrogens is 316 g/mol. The summed E-state index contributed by atoms with van der Waals surface area (Å²) in [5.41, 5.74) is 12.1. The highest BCUT2D eigenvalue weighted by molar-refractivity contribution is 14.1. The van der Waals surface area contributed by atoms with E-state index in [0.29, 0.717) is 12.2 Å². The Hall–Kier alpha value is -0.110. The van der Waals surface area contributed by atoms with E-state index in [-0.39, 0.29) is 25.1 Å². The van der Waals surface area contributed by atoms with Gasteiger partial charge < -0.3 is 16.6 Å². The van der Waals surface area contributed by atoms with Gasteiger partial charge in [-0.1, -0.05) is 0 Å². The van der Waals surface area contributed by atoms with Gasteiger partial charge in [0.05, 0.1) is 6.61 Å². The van der Waals surface area contributed by atoms with E-state index in [0.717, 1.165) is 9.13 Å². The van der Waals surface area contributed by atoms with Crippen LogP contribution >= 0.6 is 35.0 Å². The van der Waals surface area contributed by atoms with Crippen molar-refractivity contribution in [1.82, 2.24) is 4.98 Å². The third kappa shape index (κ3) is 3.95. The fourth-order valence-electron chi connectivity index (χ4n) is 1.00. The summed E-state index contributed by atoms with van der Waals surface area (Å²) in [6.45, 7) is -0.0368. The molecule has 4 nitrogen and oxygen atoms in total. The highest BCUT2D eigenvalue weighted by Crippen LogP contribution is 2.13. The third-order valence-corrected chi connectivity index (χ3v) is 2.27. The molecule has 80 valence electrons. The molecule has 0 aliphatic heterocycles. The van der Waals surface area contributed by atoms with E-state index in [2.05, 4.69) is 27.6 Å². The van der Waals surface area contributed by atoms with E-state index < -0.39 is 0 Å². The zero-order valence-electron chi connectivity index (χ0n) is 7.48. The Bertz CT molecular complexity index is 298. The van der Waals surface area contributed by atoms with E-state index in [4.69, 9.17) is 16.6 Å². The number of hydrogen-bond donors (Lipinski definition) is 3. The number of aromatic nitrogens is 1. The first-order valence-corrected chi connectivity index (χ1v) is 4.97. The Morgan fingerprint density at radius 1 is 1.57 bits per heavy atom. The first-order valence-electron chi connectivity index (χ1n) is 3.90. The summed E-state index contributed by atoms with van der Waals surface area (Å²) in [7, 11) is 0. The van der Waals surface area contributed by atoms with Crippen LogP contribution in [0.4, 0.5) is 5.82 Å². The van der Waals surface area contributed by atoms with Crippen LogP contribution in [0.25, 0.3) is 0 Å². The van der Waals surface area contributed by atoms with Gasteiger partial charge >= 0.3 is 0 Å². The fourth-order valence-corrected chi connectivity index (χ4v) is 1.52. The molecule has 1 unspecified atom stereocenters. The second-order valence-corrected chi connectivity index (χ2v) is 4.09. The molecule has 0 aromatic carbocycles. The second kappa shape index (κ2) is 6.39. The molecule has 1 rings (SSSR count). The van der Waals surface area contributed by atoms with Crippen molar-refractivity contribution in [2.75, 3.05) is 12.3 Å². The molecule has 0 saturated carbocycles. The van der Waals surface area contributed by atoms with Crippen LogP contribution in [0, 0.1) is 3.57 Å². The van der Waals surface area contributed by atoms with Crippen LogP contribution in [0.15, 0.2) is 12.3 Å². The topological polar surface area (TPSA) is 85.2 Å². The summed E-state index contributed by atoms with van der Waals surface area (Å²) in [6.07, 6.45) is 2.26. The monoisotopic (exact) mass is 329 g/mol. The third-order valence-electron chi connectivity index (χ3n) is 1.68. The van der Waals surface area contributed by atoms with Crippen LogP contribution in [-0.4, -0.2) is 22.7 Å². The maximum absolute atomic E-state index is 8.77. The van der Waals surface area contributed by atoms with Crippen molar-refractivity contribution in [1.29, 1.82) is 0 Å². The van der Waals surface area contributed by atoms with Crippen molar-refractivity contribution in [3.63, 3.8) is 0 Å². The lowest BCUT2D eigenvalue weighted by Crippen LogP contribution is -2.27. The number of hydrogen-bond acceptors (Lipinski definition) is 4. The summed E-state index contributed by atoms with van der Waals surface area (Å²) >= 11 is 2.16. The number of nitrogens with zero attached hydrogens (tertiary/aromatic N) is 1. The minimum Gasteiger partial charge on any atom is -0.395 e. The maximum Gasteiger partial charge on any atom is 0.126 e. The zero-order valence-corrected chi connectivity index (χ0v) is 10.5. The average molecular weight is 330 g/mol. The Balaban J connectivity index is 0.00000169. The fraction of sp³-hybridized carbons (Fsp3) is 0.375. The molecule has 1 heterocycles. The molecule has 0 spiro atoms. The Morgan fingerprint density at radius 3 is 2.79 bits per heavy atom. The Labute approximate surface area is 103 Å². The molecule has 6 heteroatoms. The summed E-state index contributed by atoms with van der Waals surface area (Å²) < 4.78 is 1.02. The van der Waals surface area contributed by atoms with Gasteiger partial charge in [0, 0.05) is 15.8 Å². The molecule has 0 fully saturated rings. The van der Waals surface area contributed by atoms with E-state index >= 15 is 0 Å². The largest absolute Gasteiger partial charge is 0.395 e. The van der Waals surface area contributed by atoms with Crippen molar-refractivity contribution in [2.45, 2.75) is 12.5 Å². The van der Waals surface area contributed by atoms with Gasteiger partial charge in [0.2, 0.25) is 0 Å². The highest BCUT2D eigenvalue weighted by Gasteiger charge is 2.06. The van der Waals surface area contributed by atoms with Crippen LogP contribution < -0.4 is 11.5 Å². The lowest BCUT2D eigenvalue weighted by Gasteiger charge is -2.09. The number of halogens is 2. The van der Waals surface area contributed by atoms with Gasteiger partial charge in [0.25, 0.3) is 0 Å². The number of pyridine rings is 1. The van der Waals surface area contributed by atoms with Crippen LogP contribution in [0.1, 0.15) is 5.56 Å². The lowest BCUT2D eigenvalue weighted by molar-refractivity contribution is 0.265. The summed E-state index contributed by atoms with van der Waals surface area (Å²) in [6, 6.07) is 1.67. The van der Waals surface area contributed by atoms with Gasteiger partial charge in [-0.25, -0.2) is 4.98 Å². The molecule has 1 aromatic rings. The smallest absolute Gasteiger partial charge is 0.126 e. The first-order chi connectivity index (χ1) is 6.13. The van der Waals surface area contributed by atoms with Crippen molar-refractivity contribution in [2.24, 2.45) is 5.73 Å². The minimum atomic E-state index is -0.262. The average Bonchev–Trinajstić information content (AvgIpc) is 2.11. The number of aliphatic hydroxyl groups excluding tert-OH is 1. The lowest BCUT2D eigenvalue weighted by atomic mass is 10.1. The quantitative estimate of drug-likeness (QED) is 0.707.